The van der Waals surface area contributed by atoms with Crippen molar-refractivity contribution in [2.24, 2.45) is 0 Å². The minimum Gasteiger partial charge on any atom is -0.495 e. The maximum atomic E-state index is 11.1. The van der Waals surface area contributed by atoms with Crippen molar-refractivity contribution in [3.05, 3.63) is 22.8 Å². The van der Waals surface area contributed by atoms with Crippen LogP contribution in [0.25, 0.3) is 0 Å². The molecule has 0 fully saturated rings. The van der Waals surface area contributed by atoms with Gasteiger partial charge < -0.3 is 19.7 Å². The number of methoxy groups -OCH3 is 2. The fourth-order valence-electron chi connectivity index (χ4n) is 1.61. The lowest BCUT2D eigenvalue weighted by atomic mass is 10.0. The third-order valence-corrected chi connectivity index (χ3v) is 2.27. The van der Waals surface area contributed by atoms with Gasteiger partial charge in [0.25, 0.3) is 0 Å². The second kappa shape index (κ2) is 4.73. The molecule has 1 rings (SSSR count). The maximum Gasteiger partial charge on any atom is 0.343 e. The highest BCUT2D eigenvalue weighted by Crippen LogP contribution is 2.35. The predicted octanol–water partition coefficient (Wildman–Crippen LogP) is 1.41. The van der Waals surface area contributed by atoms with Crippen LogP contribution in [0, 0.1) is 6.92 Å². The van der Waals surface area contributed by atoms with Crippen molar-refractivity contribution in [3.63, 3.8) is 0 Å². The minimum absolute atomic E-state index is 0.0966. The zero-order chi connectivity index (χ0) is 13.2. The number of hydrogen-bond donors (Lipinski definition) is 2. The van der Waals surface area contributed by atoms with Crippen molar-refractivity contribution in [2.45, 2.75) is 6.92 Å². The Kier molecular flexibility index (Phi) is 3.57. The van der Waals surface area contributed by atoms with Crippen LogP contribution in [0.2, 0.25) is 0 Å². The summed E-state index contributed by atoms with van der Waals surface area (Å²) in [6.45, 7) is 1.57. The molecule has 0 bridgehead atoms. The Bertz CT molecular complexity index is 477. The molecule has 2 N–H and O–H groups in total. The van der Waals surface area contributed by atoms with Gasteiger partial charge in [-0.05, 0) is 18.6 Å². The van der Waals surface area contributed by atoms with Gasteiger partial charge in [-0.1, -0.05) is 0 Å². The first-order valence-corrected chi connectivity index (χ1v) is 4.66. The quantitative estimate of drug-likeness (QED) is 0.826. The van der Waals surface area contributed by atoms with E-state index in [1.54, 1.807) is 6.92 Å². The number of carboxylic acids is 2. The Morgan fingerprint density at radius 2 is 1.59 bits per heavy atom. The van der Waals surface area contributed by atoms with Gasteiger partial charge in [-0.2, -0.15) is 0 Å². The van der Waals surface area contributed by atoms with Gasteiger partial charge in [-0.3, -0.25) is 0 Å². The molecule has 0 aliphatic rings. The van der Waals surface area contributed by atoms with Gasteiger partial charge in [0, 0.05) is 0 Å². The largest absolute Gasteiger partial charge is 0.495 e. The summed E-state index contributed by atoms with van der Waals surface area (Å²) in [6.07, 6.45) is 0. The zero-order valence-electron chi connectivity index (χ0n) is 9.60. The summed E-state index contributed by atoms with van der Waals surface area (Å²) in [5.41, 5.74) is -0.0706. The number of aromatic carboxylic acids is 2. The third-order valence-electron chi connectivity index (χ3n) is 2.27. The monoisotopic (exact) mass is 240 g/mol. The van der Waals surface area contributed by atoms with E-state index in [1.165, 1.54) is 20.3 Å². The lowest BCUT2D eigenvalue weighted by Crippen LogP contribution is -2.10. The fraction of sp³-hybridized carbons (Fsp3) is 0.273. The van der Waals surface area contributed by atoms with Crippen molar-refractivity contribution in [1.82, 2.24) is 0 Å². The number of carboxylic acid groups (broad SMARTS) is 2. The summed E-state index contributed by atoms with van der Waals surface area (Å²) < 4.78 is 9.82. The first kappa shape index (κ1) is 12.8. The number of hydrogen-bond acceptors (Lipinski definition) is 4. The normalized spacial score (nSPS) is 9.82. The summed E-state index contributed by atoms with van der Waals surface area (Å²) in [4.78, 5) is 22.1. The van der Waals surface area contributed by atoms with Crippen molar-refractivity contribution in [1.29, 1.82) is 0 Å². The molecule has 0 aliphatic carbocycles. The smallest absolute Gasteiger partial charge is 0.343 e. The van der Waals surface area contributed by atoms with Crippen LogP contribution in [0.1, 0.15) is 26.3 Å². The van der Waals surface area contributed by atoms with Gasteiger partial charge in [0.2, 0.25) is 0 Å². The molecule has 0 aliphatic heterocycles. The average Bonchev–Trinajstić information content (AvgIpc) is 2.26. The number of carbonyl (C=O) groups is 2. The molecule has 0 aromatic heterocycles. The van der Waals surface area contributed by atoms with Crippen LogP contribution in [0.4, 0.5) is 0 Å². The van der Waals surface area contributed by atoms with Crippen LogP contribution in [0.3, 0.4) is 0 Å². The number of aryl methyl sites for hydroxylation is 1. The third kappa shape index (κ3) is 2.15. The molecule has 17 heavy (non-hydrogen) atoms. The van der Waals surface area contributed by atoms with Gasteiger partial charge in [-0.25, -0.2) is 9.59 Å². The number of ether oxygens (including phenoxy) is 2. The van der Waals surface area contributed by atoms with Gasteiger partial charge in [0.05, 0.1) is 14.2 Å². The molecule has 6 nitrogen and oxygen atoms in total. The van der Waals surface area contributed by atoms with Crippen LogP contribution in [0.5, 0.6) is 11.5 Å². The van der Waals surface area contributed by atoms with Gasteiger partial charge >= 0.3 is 11.9 Å². The maximum absolute atomic E-state index is 11.1. The predicted molar refractivity (Wildman–Crippen MR) is 58.2 cm³/mol. The van der Waals surface area contributed by atoms with Crippen molar-refractivity contribution in [3.8, 4) is 11.5 Å². The van der Waals surface area contributed by atoms with E-state index in [-0.39, 0.29) is 22.6 Å². The molecule has 0 heterocycles. The second-order valence-corrected chi connectivity index (χ2v) is 3.29. The molecule has 0 saturated carbocycles. The molecule has 0 spiro atoms. The highest BCUT2D eigenvalue weighted by atomic mass is 16.5. The summed E-state index contributed by atoms with van der Waals surface area (Å²) in [6, 6.07) is 1.31. The zero-order valence-corrected chi connectivity index (χ0v) is 9.60. The van der Waals surface area contributed by atoms with Crippen molar-refractivity contribution < 1.29 is 29.3 Å². The molecule has 0 unspecified atom stereocenters. The topological polar surface area (TPSA) is 93.1 Å². The standard InChI is InChI=1S/C11H12O6/c1-5-4-6(10(12)13)9(17-3)7(11(14)15)8(5)16-2/h4H,1-3H3,(H,12,13)(H,14,15). The van der Waals surface area contributed by atoms with Crippen molar-refractivity contribution >= 4 is 11.9 Å². The average molecular weight is 240 g/mol. The number of benzene rings is 1. The molecule has 1 aromatic rings. The summed E-state index contributed by atoms with van der Waals surface area (Å²) >= 11 is 0. The van der Waals surface area contributed by atoms with E-state index in [4.69, 9.17) is 19.7 Å². The molecule has 6 heteroatoms. The van der Waals surface area contributed by atoms with E-state index in [9.17, 15) is 9.59 Å². The van der Waals surface area contributed by atoms with E-state index in [0.29, 0.717) is 5.56 Å². The lowest BCUT2D eigenvalue weighted by molar-refractivity contribution is 0.0687. The Labute approximate surface area is 97.4 Å². The fourth-order valence-corrected chi connectivity index (χ4v) is 1.61. The summed E-state index contributed by atoms with van der Waals surface area (Å²) in [5, 5.41) is 18.1. The van der Waals surface area contributed by atoms with Crippen LogP contribution in [-0.4, -0.2) is 36.4 Å². The molecule has 0 atom stereocenters. The second-order valence-electron chi connectivity index (χ2n) is 3.29. The Hall–Kier alpha value is -2.24. The van der Waals surface area contributed by atoms with E-state index in [1.807, 2.05) is 0 Å². The van der Waals surface area contributed by atoms with E-state index in [0.717, 1.165) is 0 Å². The SMILES string of the molecule is COc1c(C)cc(C(=O)O)c(OC)c1C(=O)O. The van der Waals surface area contributed by atoms with Gasteiger partial charge in [0.1, 0.15) is 16.9 Å². The van der Waals surface area contributed by atoms with E-state index < -0.39 is 11.9 Å². The number of rotatable bonds is 4. The Balaban J connectivity index is 3.71. The van der Waals surface area contributed by atoms with E-state index in [2.05, 4.69) is 0 Å². The first-order valence-electron chi connectivity index (χ1n) is 4.66. The Morgan fingerprint density at radius 1 is 1.06 bits per heavy atom. The molecule has 0 radical (unpaired) electrons. The van der Waals surface area contributed by atoms with Gasteiger partial charge in [0.15, 0.2) is 5.75 Å². The lowest BCUT2D eigenvalue weighted by Gasteiger charge is -2.14. The molecule has 92 valence electrons. The minimum atomic E-state index is -1.30. The van der Waals surface area contributed by atoms with Crippen LogP contribution >= 0.6 is 0 Å². The highest BCUT2D eigenvalue weighted by molar-refractivity contribution is 6.01. The summed E-state index contributed by atoms with van der Waals surface area (Å²) in [5.74, 6) is -2.67. The van der Waals surface area contributed by atoms with Crippen LogP contribution in [-0.2, 0) is 0 Å². The molecule has 0 amide bonds. The van der Waals surface area contributed by atoms with Crippen LogP contribution in [0.15, 0.2) is 6.07 Å². The van der Waals surface area contributed by atoms with Crippen LogP contribution < -0.4 is 9.47 Å². The summed E-state index contributed by atoms with van der Waals surface area (Å²) in [7, 11) is 2.53. The molecular formula is C11H12O6. The van der Waals surface area contributed by atoms with E-state index >= 15 is 0 Å². The first-order chi connectivity index (χ1) is 7.93. The van der Waals surface area contributed by atoms with Crippen molar-refractivity contribution in [2.75, 3.05) is 14.2 Å². The molecule has 0 saturated heterocycles. The molecular weight excluding hydrogens is 228 g/mol. The highest BCUT2D eigenvalue weighted by Gasteiger charge is 2.26. The molecule has 1 aromatic carbocycles. The Morgan fingerprint density at radius 3 is 1.94 bits per heavy atom. The van der Waals surface area contributed by atoms with Gasteiger partial charge in [-0.15, -0.1) is 0 Å².